The summed E-state index contributed by atoms with van der Waals surface area (Å²) in [6.07, 6.45) is 33.9. The molecule has 1 aromatic heterocycles. The van der Waals surface area contributed by atoms with Crippen LogP contribution in [0.1, 0.15) is 37.7 Å². The number of rotatable bonds is 10. The van der Waals surface area contributed by atoms with Crippen LogP contribution in [0.25, 0.3) is 48.0 Å². The molecule has 0 N–H and O–H groups in total. The minimum atomic E-state index is 0.414. The lowest BCUT2D eigenvalue weighted by Crippen LogP contribution is -2.18. The Balaban J connectivity index is 1.08. The molecule has 3 aliphatic carbocycles. The van der Waals surface area contributed by atoms with Gasteiger partial charge in [-0.15, -0.1) is 11.3 Å². The maximum atomic E-state index is 3.76. The van der Waals surface area contributed by atoms with Crippen LogP contribution in [0.3, 0.4) is 0 Å². The molecule has 0 spiro atoms. The van der Waals surface area contributed by atoms with Crippen LogP contribution in [0.5, 0.6) is 0 Å². The summed E-state index contributed by atoms with van der Waals surface area (Å²) in [4.78, 5) is 2.47. The molecular weight excluding hydrogens is 695 g/mol. The smallest absolute Gasteiger partial charge is 0.0458 e. The minimum absolute atomic E-state index is 0.414. The summed E-state index contributed by atoms with van der Waals surface area (Å²) >= 11 is 1.90. The van der Waals surface area contributed by atoms with Crippen molar-refractivity contribution >= 4 is 48.5 Å². The molecule has 0 bridgehead atoms. The molecule has 0 saturated carbocycles. The van der Waals surface area contributed by atoms with Gasteiger partial charge < -0.3 is 4.90 Å². The summed E-state index contributed by atoms with van der Waals surface area (Å²) in [5, 5.41) is 2.64. The topological polar surface area (TPSA) is 3.24 Å². The van der Waals surface area contributed by atoms with Gasteiger partial charge in [-0.2, -0.15) is 0 Å². The van der Waals surface area contributed by atoms with Crippen LogP contribution < -0.4 is 4.90 Å². The Morgan fingerprint density at radius 1 is 0.643 bits per heavy atom. The van der Waals surface area contributed by atoms with E-state index < -0.39 is 0 Å². The lowest BCUT2D eigenvalue weighted by atomic mass is 9.90. The molecule has 0 aliphatic heterocycles. The lowest BCUT2D eigenvalue weighted by Gasteiger charge is -2.31. The zero-order valence-electron chi connectivity index (χ0n) is 31.7. The summed E-state index contributed by atoms with van der Waals surface area (Å²) in [6, 6.07) is 42.7. The van der Waals surface area contributed by atoms with Gasteiger partial charge in [0.2, 0.25) is 0 Å². The molecular formula is C54H45NS. The van der Waals surface area contributed by atoms with Gasteiger partial charge >= 0.3 is 0 Å². The molecule has 0 fully saturated rings. The van der Waals surface area contributed by atoms with E-state index in [1.165, 1.54) is 81.8 Å². The van der Waals surface area contributed by atoms with E-state index in [1.54, 1.807) is 6.08 Å². The Morgan fingerprint density at radius 3 is 2.12 bits per heavy atom. The first-order valence-corrected chi connectivity index (χ1v) is 20.7. The van der Waals surface area contributed by atoms with Crippen molar-refractivity contribution in [3.63, 3.8) is 0 Å². The molecule has 56 heavy (non-hydrogen) atoms. The first-order chi connectivity index (χ1) is 27.7. The van der Waals surface area contributed by atoms with Crippen LogP contribution in [0.4, 0.5) is 11.4 Å². The molecule has 1 nitrogen and oxygen atoms in total. The van der Waals surface area contributed by atoms with Crippen molar-refractivity contribution in [1.29, 1.82) is 0 Å². The van der Waals surface area contributed by atoms with Crippen molar-refractivity contribution in [3.8, 4) is 22.3 Å². The number of anilines is 2. The van der Waals surface area contributed by atoms with Crippen LogP contribution in [0, 0.1) is 5.92 Å². The molecule has 0 amide bonds. The Morgan fingerprint density at radius 2 is 1.41 bits per heavy atom. The van der Waals surface area contributed by atoms with Gasteiger partial charge in [0.15, 0.2) is 0 Å². The van der Waals surface area contributed by atoms with Gasteiger partial charge in [-0.05, 0) is 113 Å². The van der Waals surface area contributed by atoms with E-state index in [-0.39, 0.29) is 0 Å². The Labute approximate surface area is 335 Å². The predicted molar refractivity (Wildman–Crippen MR) is 244 cm³/mol. The monoisotopic (exact) mass is 739 g/mol. The van der Waals surface area contributed by atoms with E-state index >= 15 is 0 Å². The predicted octanol–water partition coefficient (Wildman–Crippen LogP) is 15.7. The van der Waals surface area contributed by atoms with Crippen molar-refractivity contribution in [3.05, 3.63) is 223 Å². The molecule has 1 atom stereocenters. The molecule has 0 radical (unpaired) electrons. The second-order valence-electron chi connectivity index (χ2n) is 14.7. The third-order valence-electron chi connectivity index (χ3n) is 11.2. The van der Waals surface area contributed by atoms with Gasteiger partial charge in [-0.25, -0.2) is 0 Å². The van der Waals surface area contributed by atoms with Crippen molar-refractivity contribution in [1.82, 2.24) is 0 Å². The zero-order chi connectivity index (χ0) is 37.7. The van der Waals surface area contributed by atoms with Crippen molar-refractivity contribution in [2.75, 3.05) is 4.90 Å². The van der Waals surface area contributed by atoms with Gasteiger partial charge in [-0.1, -0.05) is 164 Å². The molecule has 5 aromatic carbocycles. The molecule has 6 aromatic rings. The minimum Gasteiger partial charge on any atom is -0.314 e. The van der Waals surface area contributed by atoms with Crippen molar-refractivity contribution < 1.29 is 0 Å². The summed E-state index contributed by atoms with van der Waals surface area (Å²) < 4.78 is 2.66. The SMILES string of the molecule is C=C/C=C\C=C\C1C=CC(c2ccc(N(C3=CC=C(C4=CC=CCC4)CC3)c3ccc(-c4c(-c5ccccc5)ccc5c4sc4ccccc45)cc3)cc2)=CC1. The first-order valence-electron chi connectivity index (χ1n) is 19.8. The van der Waals surface area contributed by atoms with E-state index in [1.807, 2.05) is 23.5 Å². The number of hydrogen-bond acceptors (Lipinski definition) is 2. The third-order valence-corrected chi connectivity index (χ3v) is 12.4. The number of nitrogens with zero attached hydrogens (tertiary/aromatic N) is 1. The standard InChI is InChI=1S/C54H45NS/c1-2-3-4-7-14-39-21-23-41(24-22-39)43-27-33-47(34-28-43)55(46-31-25-42(26-32-46)40-15-8-5-9-16-40)48-35-29-45(30-36-48)53-49(44-17-10-6-11-18-44)37-38-51-50-19-12-13-20-52(50)56-54(51)53/h2-8,10-15,17-21,23-25,27-31,33-39H,1,9,16,22,26,32H2/b4-3-,14-7+. The second kappa shape index (κ2) is 16.3. The van der Waals surface area contributed by atoms with E-state index in [2.05, 4.69) is 188 Å². The van der Waals surface area contributed by atoms with Gasteiger partial charge in [0, 0.05) is 42.8 Å². The fourth-order valence-electron chi connectivity index (χ4n) is 8.29. The summed E-state index contributed by atoms with van der Waals surface area (Å²) in [7, 11) is 0. The molecule has 3 aliphatic rings. The van der Waals surface area contributed by atoms with Crippen molar-refractivity contribution in [2.24, 2.45) is 5.92 Å². The largest absolute Gasteiger partial charge is 0.314 e. The first kappa shape index (κ1) is 35.5. The van der Waals surface area contributed by atoms with E-state index in [0.29, 0.717) is 5.92 Å². The molecule has 9 rings (SSSR count). The number of hydrogen-bond donors (Lipinski definition) is 0. The Hall–Kier alpha value is -6.22. The summed E-state index contributed by atoms with van der Waals surface area (Å²) in [5.74, 6) is 0.414. The summed E-state index contributed by atoms with van der Waals surface area (Å²) in [6.45, 7) is 3.76. The van der Waals surface area contributed by atoms with Crippen LogP contribution in [-0.4, -0.2) is 0 Å². The highest BCUT2D eigenvalue weighted by Gasteiger charge is 2.21. The third kappa shape index (κ3) is 7.29. The van der Waals surface area contributed by atoms with Crippen LogP contribution in [0.15, 0.2) is 218 Å². The highest BCUT2D eigenvalue weighted by Crippen LogP contribution is 2.46. The number of fused-ring (bicyclic) bond motifs is 3. The molecule has 1 unspecified atom stereocenters. The highest BCUT2D eigenvalue weighted by atomic mass is 32.1. The van der Waals surface area contributed by atoms with Crippen LogP contribution in [-0.2, 0) is 0 Å². The molecule has 0 saturated heterocycles. The lowest BCUT2D eigenvalue weighted by molar-refractivity contribution is 0.825. The van der Waals surface area contributed by atoms with E-state index in [0.717, 1.165) is 32.1 Å². The fraction of sp³-hybridized carbons (Fsp3) is 0.111. The fourth-order valence-corrected chi connectivity index (χ4v) is 9.56. The highest BCUT2D eigenvalue weighted by molar-refractivity contribution is 7.26. The van der Waals surface area contributed by atoms with Crippen molar-refractivity contribution in [2.45, 2.75) is 32.1 Å². The van der Waals surface area contributed by atoms with E-state index in [9.17, 15) is 0 Å². The summed E-state index contributed by atoms with van der Waals surface area (Å²) in [5.41, 5.74) is 14.2. The molecule has 2 heteroatoms. The van der Waals surface area contributed by atoms with Crippen LogP contribution in [0.2, 0.25) is 0 Å². The molecule has 272 valence electrons. The zero-order valence-corrected chi connectivity index (χ0v) is 32.5. The normalized spacial score (nSPS) is 17.0. The Bertz CT molecular complexity index is 2650. The number of benzene rings is 5. The van der Waals surface area contributed by atoms with Gasteiger partial charge in [-0.3, -0.25) is 0 Å². The van der Waals surface area contributed by atoms with Gasteiger partial charge in [0.1, 0.15) is 0 Å². The number of thiophene rings is 1. The maximum Gasteiger partial charge on any atom is 0.0458 e. The average molecular weight is 740 g/mol. The second-order valence-corrected chi connectivity index (χ2v) is 15.7. The van der Waals surface area contributed by atoms with Crippen LogP contribution >= 0.6 is 11.3 Å². The number of allylic oxidation sites excluding steroid dienone is 17. The van der Waals surface area contributed by atoms with Gasteiger partial charge in [0.25, 0.3) is 0 Å². The Kier molecular flexibility index (Phi) is 10.3. The van der Waals surface area contributed by atoms with Gasteiger partial charge in [0.05, 0.1) is 0 Å². The maximum absolute atomic E-state index is 3.76. The van der Waals surface area contributed by atoms with E-state index in [4.69, 9.17) is 0 Å². The quantitative estimate of drug-likeness (QED) is 0.126. The molecule has 1 heterocycles. The average Bonchev–Trinajstić information content (AvgIpc) is 3.65.